The number of hydrogen-bond donors (Lipinski definition) is 3. The molecule has 1 aliphatic heterocycles. The number of aromatic nitrogens is 1. The molecular formula is C21H34IN5. The van der Waals surface area contributed by atoms with Gasteiger partial charge in [-0.2, -0.15) is 0 Å². The van der Waals surface area contributed by atoms with Gasteiger partial charge in [0.15, 0.2) is 5.96 Å². The van der Waals surface area contributed by atoms with Crippen molar-refractivity contribution in [3.63, 3.8) is 0 Å². The molecule has 1 aromatic carbocycles. The highest BCUT2D eigenvalue weighted by Gasteiger charge is 2.24. The van der Waals surface area contributed by atoms with E-state index in [0.717, 1.165) is 25.5 Å². The van der Waals surface area contributed by atoms with Gasteiger partial charge in [-0.05, 0) is 49.9 Å². The van der Waals surface area contributed by atoms with Crippen molar-refractivity contribution in [1.29, 1.82) is 0 Å². The highest BCUT2D eigenvalue weighted by molar-refractivity contribution is 14.0. The van der Waals surface area contributed by atoms with Gasteiger partial charge in [-0.15, -0.1) is 24.0 Å². The second kappa shape index (κ2) is 10.9. The van der Waals surface area contributed by atoms with Gasteiger partial charge in [-0.25, -0.2) is 0 Å². The molecule has 0 spiro atoms. The molecule has 0 aliphatic carbocycles. The van der Waals surface area contributed by atoms with Crippen LogP contribution in [0.1, 0.15) is 32.3 Å². The molecule has 1 atom stereocenters. The molecule has 0 amide bonds. The Kier molecular flexibility index (Phi) is 8.89. The summed E-state index contributed by atoms with van der Waals surface area (Å²) < 4.78 is 0. The van der Waals surface area contributed by atoms with Crippen molar-refractivity contribution >= 4 is 40.8 Å². The Morgan fingerprint density at radius 1 is 1.19 bits per heavy atom. The molecule has 0 bridgehead atoms. The van der Waals surface area contributed by atoms with E-state index in [1.54, 1.807) is 0 Å². The summed E-state index contributed by atoms with van der Waals surface area (Å²) in [6.45, 7) is 8.92. The van der Waals surface area contributed by atoms with Crippen LogP contribution in [0.5, 0.6) is 0 Å². The molecule has 2 heterocycles. The Labute approximate surface area is 180 Å². The van der Waals surface area contributed by atoms with Crippen LogP contribution in [0.25, 0.3) is 10.9 Å². The summed E-state index contributed by atoms with van der Waals surface area (Å²) >= 11 is 0. The molecule has 5 nitrogen and oxygen atoms in total. The van der Waals surface area contributed by atoms with Gasteiger partial charge >= 0.3 is 0 Å². The first-order chi connectivity index (χ1) is 12.7. The Morgan fingerprint density at radius 3 is 2.63 bits per heavy atom. The molecule has 1 aliphatic rings. The average Bonchev–Trinajstić information content (AvgIpc) is 3.30. The Balaban J connectivity index is 0.00000261. The maximum Gasteiger partial charge on any atom is 0.191 e. The Hall–Kier alpha value is -1.28. The summed E-state index contributed by atoms with van der Waals surface area (Å²) in [5, 5.41) is 8.31. The van der Waals surface area contributed by atoms with E-state index in [0.29, 0.717) is 12.0 Å². The third kappa shape index (κ3) is 5.85. The second-order valence-electron chi connectivity index (χ2n) is 7.54. The third-order valence-electron chi connectivity index (χ3n) is 5.44. The van der Waals surface area contributed by atoms with Gasteiger partial charge in [0.1, 0.15) is 0 Å². The van der Waals surface area contributed by atoms with Crippen molar-refractivity contribution in [2.75, 3.05) is 33.2 Å². The number of hydrogen-bond acceptors (Lipinski definition) is 2. The first-order valence-electron chi connectivity index (χ1n) is 9.92. The number of aliphatic imine (C=N–C) groups is 1. The Morgan fingerprint density at radius 2 is 1.93 bits per heavy atom. The molecule has 0 radical (unpaired) electrons. The van der Waals surface area contributed by atoms with Gasteiger partial charge in [0, 0.05) is 43.3 Å². The van der Waals surface area contributed by atoms with Crippen molar-refractivity contribution in [2.45, 2.75) is 39.2 Å². The fourth-order valence-corrected chi connectivity index (χ4v) is 3.94. The molecule has 1 fully saturated rings. The number of likely N-dealkylation sites (tertiary alicyclic amines) is 1. The molecule has 0 saturated carbocycles. The number of nitrogens with zero attached hydrogens (tertiary/aromatic N) is 2. The minimum atomic E-state index is 0. The number of nitrogens with one attached hydrogen (secondary N) is 3. The minimum absolute atomic E-state index is 0. The van der Waals surface area contributed by atoms with E-state index in [-0.39, 0.29) is 24.0 Å². The predicted octanol–water partition coefficient (Wildman–Crippen LogP) is 3.61. The molecule has 6 heteroatoms. The van der Waals surface area contributed by atoms with Gasteiger partial charge in [0.2, 0.25) is 0 Å². The Bertz CT molecular complexity index is 718. The normalized spacial score (nSPS) is 16.5. The van der Waals surface area contributed by atoms with E-state index in [9.17, 15) is 0 Å². The maximum absolute atomic E-state index is 4.40. The number of rotatable bonds is 7. The standard InChI is InChI=1S/C21H33N5.HI/c1-16(2)20(26-12-6-7-13-26)15-25-21(22-3)23-11-10-17-14-24-19-9-5-4-8-18(17)19;/h4-5,8-9,14,16,20,24H,6-7,10-13,15H2,1-3H3,(H2,22,23,25);1H. The summed E-state index contributed by atoms with van der Waals surface area (Å²) in [6, 6.07) is 9.04. The fourth-order valence-electron chi connectivity index (χ4n) is 3.94. The first kappa shape index (κ1) is 22.0. The van der Waals surface area contributed by atoms with Gasteiger partial charge in [-0.3, -0.25) is 9.89 Å². The van der Waals surface area contributed by atoms with Crippen LogP contribution in [-0.4, -0.2) is 55.1 Å². The lowest BCUT2D eigenvalue weighted by molar-refractivity contribution is 0.192. The number of H-pyrrole nitrogens is 1. The highest BCUT2D eigenvalue weighted by Crippen LogP contribution is 2.18. The molecule has 3 N–H and O–H groups in total. The lowest BCUT2D eigenvalue weighted by Crippen LogP contribution is -2.48. The summed E-state index contributed by atoms with van der Waals surface area (Å²) in [4.78, 5) is 10.4. The van der Waals surface area contributed by atoms with Gasteiger partial charge in [0.25, 0.3) is 0 Å². The molecule has 2 aromatic rings. The molecule has 1 unspecified atom stereocenters. The SMILES string of the molecule is CN=C(NCCc1c[nH]c2ccccc12)NCC(C(C)C)N1CCCC1.I. The van der Waals surface area contributed by atoms with Gasteiger partial charge in [-0.1, -0.05) is 32.0 Å². The second-order valence-corrected chi connectivity index (χ2v) is 7.54. The van der Waals surface area contributed by atoms with E-state index in [4.69, 9.17) is 0 Å². The fraction of sp³-hybridized carbons (Fsp3) is 0.571. The topological polar surface area (TPSA) is 55.5 Å². The van der Waals surface area contributed by atoms with Crippen LogP contribution in [0.3, 0.4) is 0 Å². The summed E-state index contributed by atoms with van der Waals surface area (Å²) in [6.07, 6.45) is 5.76. The van der Waals surface area contributed by atoms with Crippen molar-refractivity contribution < 1.29 is 0 Å². The monoisotopic (exact) mass is 483 g/mol. The highest BCUT2D eigenvalue weighted by atomic mass is 127. The summed E-state index contributed by atoms with van der Waals surface area (Å²) in [5.74, 6) is 1.54. The molecule has 27 heavy (non-hydrogen) atoms. The molecule has 150 valence electrons. The van der Waals surface area contributed by atoms with Crippen LogP contribution >= 0.6 is 24.0 Å². The lowest BCUT2D eigenvalue weighted by Gasteiger charge is -2.31. The molecule has 1 aromatic heterocycles. The number of guanidine groups is 1. The summed E-state index contributed by atoms with van der Waals surface area (Å²) in [5.41, 5.74) is 2.55. The van der Waals surface area contributed by atoms with Crippen LogP contribution in [-0.2, 0) is 6.42 Å². The van der Waals surface area contributed by atoms with Crippen LogP contribution < -0.4 is 10.6 Å². The van der Waals surface area contributed by atoms with Crippen molar-refractivity contribution in [1.82, 2.24) is 20.5 Å². The molecule has 3 rings (SSSR count). The first-order valence-corrected chi connectivity index (χ1v) is 9.92. The number of benzene rings is 1. The minimum Gasteiger partial charge on any atom is -0.361 e. The number of halogens is 1. The van der Waals surface area contributed by atoms with E-state index in [2.05, 4.69) is 69.8 Å². The van der Waals surface area contributed by atoms with E-state index in [1.165, 1.54) is 42.4 Å². The predicted molar refractivity (Wildman–Crippen MR) is 126 cm³/mol. The zero-order valence-corrected chi connectivity index (χ0v) is 19.1. The van der Waals surface area contributed by atoms with Crippen molar-refractivity contribution in [3.05, 3.63) is 36.0 Å². The smallest absolute Gasteiger partial charge is 0.191 e. The number of para-hydroxylation sites is 1. The number of aromatic amines is 1. The van der Waals surface area contributed by atoms with Crippen LogP contribution in [0.4, 0.5) is 0 Å². The van der Waals surface area contributed by atoms with Crippen molar-refractivity contribution in [3.8, 4) is 0 Å². The van der Waals surface area contributed by atoms with Crippen molar-refractivity contribution in [2.24, 2.45) is 10.9 Å². The van der Waals surface area contributed by atoms with Gasteiger partial charge < -0.3 is 15.6 Å². The van der Waals surface area contributed by atoms with E-state index in [1.807, 2.05) is 7.05 Å². The van der Waals surface area contributed by atoms with Crippen LogP contribution in [0.2, 0.25) is 0 Å². The maximum atomic E-state index is 4.40. The van der Waals surface area contributed by atoms with Gasteiger partial charge in [0.05, 0.1) is 0 Å². The molecule has 1 saturated heterocycles. The zero-order valence-electron chi connectivity index (χ0n) is 16.8. The molecular weight excluding hydrogens is 449 g/mol. The third-order valence-corrected chi connectivity index (χ3v) is 5.44. The van der Waals surface area contributed by atoms with E-state index >= 15 is 0 Å². The largest absolute Gasteiger partial charge is 0.361 e. The quantitative estimate of drug-likeness (QED) is 0.321. The average molecular weight is 483 g/mol. The number of fused-ring (bicyclic) bond motifs is 1. The lowest BCUT2D eigenvalue weighted by atomic mass is 10.0. The zero-order chi connectivity index (χ0) is 18.4. The summed E-state index contributed by atoms with van der Waals surface area (Å²) in [7, 11) is 1.85. The van der Waals surface area contributed by atoms with Crippen LogP contribution in [0.15, 0.2) is 35.5 Å². The van der Waals surface area contributed by atoms with Crippen LogP contribution in [0, 0.1) is 5.92 Å². The van der Waals surface area contributed by atoms with E-state index < -0.39 is 0 Å².